The van der Waals surface area contributed by atoms with E-state index < -0.39 is 35.8 Å². The summed E-state index contributed by atoms with van der Waals surface area (Å²) in [6.45, 7) is 2.17. The molecule has 2 aromatic rings. The Kier molecular flexibility index (Phi) is 8.49. The average Bonchev–Trinajstić information content (AvgIpc) is 2.79. The van der Waals surface area contributed by atoms with E-state index in [1.165, 1.54) is 24.6 Å². The third kappa shape index (κ3) is 6.98. The molecule has 9 heteroatoms. The first-order valence-corrected chi connectivity index (χ1v) is 11.5. The van der Waals surface area contributed by atoms with Crippen molar-refractivity contribution >= 4 is 12.2 Å². The van der Waals surface area contributed by atoms with Crippen LogP contribution in [0.5, 0.6) is 5.75 Å². The Morgan fingerprint density at radius 1 is 0.914 bits per heavy atom. The van der Waals surface area contributed by atoms with Crippen LogP contribution in [0.2, 0.25) is 0 Å². The van der Waals surface area contributed by atoms with E-state index in [0.717, 1.165) is 49.7 Å². The molecule has 192 valence electrons. The molecule has 0 spiro atoms. The second-order valence-corrected chi connectivity index (χ2v) is 8.88. The quantitative estimate of drug-likeness (QED) is 0.256. The van der Waals surface area contributed by atoms with Crippen molar-refractivity contribution < 1.29 is 39.9 Å². The number of ether oxygens (including phenoxy) is 1. The summed E-state index contributed by atoms with van der Waals surface area (Å²) in [5.74, 6) is -2.10. The highest BCUT2D eigenvalue weighted by atomic mass is 19.4. The molecule has 35 heavy (non-hydrogen) atoms. The Morgan fingerprint density at radius 2 is 1.60 bits per heavy atom. The van der Waals surface area contributed by atoms with E-state index in [-0.39, 0.29) is 11.1 Å². The highest BCUT2D eigenvalue weighted by Gasteiger charge is 2.59. The minimum absolute atomic E-state index is 0.114. The number of hydrogen-bond acceptors (Lipinski definition) is 1. The maximum Gasteiger partial charge on any atom is 0.439 e. The topological polar surface area (TPSA) is 9.23 Å². The fraction of sp³-hybridized carbons (Fsp3) is 0.462. The largest absolute Gasteiger partial charge is 0.439 e. The molecule has 0 amide bonds. The first kappa shape index (κ1) is 27.0. The van der Waals surface area contributed by atoms with E-state index >= 15 is 0 Å². The predicted molar refractivity (Wildman–Crippen MR) is 118 cm³/mol. The van der Waals surface area contributed by atoms with Gasteiger partial charge in [-0.15, -0.1) is 0 Å². The third-order valence-corrected chi connectivity index (χ3v) is 6.28. The lowest BCUT2D eigenvalue weighted by molar-refractivity contribution is -0.305. The summed E-state index contributed by atoms with van der Waals surface area (Å²) in [5.41, 5.74) is 1.27. The molecule has 1 aliphatic carbocycles. The summed E-state index contributed by atoms with van der Waals surface area (Å²) in [6.07, 6.45) is -6.48. The van der Waals surface area contributed by atoms with Crippen LogP contribution in [0.3, 0.4) is 0 Å². The number of rotatable bonds is 8. The minimum atomic E-state index is -5.88. The Morgan fingerprint density at radius 3 is 2.17 bits per heavy atom. The van der Waals surface area contributed by atoms with Crippen molar-refractivity contribution in [3.05, 3.63) is 64.7 Å². The molecule has 0 radical (unpaired) electrons. The van der Waals surface area contributed by atoms with Crippen molar-refractivity contribution in [2.45, 2.75) is 69.8 Å². The summed E-state index contributed by atoms with van der Waals surface area (Å²) in [4.78, 5) is 0. The van der Waals surface area contributed by atoms with E-state index in [1.807, 2.05) is 6.07 Å². The van der Waals surface area contributed by atoms with Gasteiger partial charge < -0.3 is 4.74 Å². The van der Waals surface area contributed by atoms with Crippen molar-refractivity contribution in [3.8, 4) is 5.75 Å². The Bertz CT molecular complexity index is 1020. The second-order valence-electron chi connectivity index (χ2n) is 8.88. The summed E-state index contributed by atoms with van der Waals surface area (Å²) in [6, 6.07) is 7.38. The van der Waals surface area contributed by atoms with Crippen molar-refractivity contribution in [1.82, 2.24) is 0 Å². The average molecular weight is 506 g/mol. The Labute approximate surface area is 198 Å². The molecule has 0 N–H and O–H groups in total. The van der Waals surface area contributed by atoms with Gasteiger partial charge in [-0.3, -0.25) is 0 Å². The molecular weight excluding hydrogens is 480 g/mol. The highest BCUT2D eigenvalue weighted by molar-refractivity contribution is 5.70. The maximum absolute atomic E-state index is 14.7. The lowest BCUT2D eigenvalue weighted by Gasteiger charge is -2.28. The van der Waals surface area contributed by atoms with Crippen molar-refractivity contribution in [3.63, 3.8) is 0 Å². The van der Waals surface area contributed by atoms with Crippen LogP contribution in [-0.4, -0.2) is 18.5 Å². The number of benzene rings is 2. The van der Waals surface area contributed by atoms with Crippen LogP contribution >= 0.6 is 0 Å². The molecule has 1 atom stereocenters. The maximum atomic E-state index is 14.7. The molecule has 1 fully saturated rings. The number of hydrogen-bond donors (Lipinski definition) is 0. The van der Waals surface area contributed by atoms with Gasteiger partial charge in [-0.25, -0.2) is 13.2 Å². The normalized spacial score (nSPS) is 20.3. The van der Waals surface area contributed by atoms with Gasteiger partial charge in [-0.1, -0.05) is 50.1 Å². The third-order valence-electron chi connectivity index (χ3n) is 6.28. The van der Waals surface area contributed by atoms with Gasteiger partial charge in [0.15, 0.2) is 11.6 Å². The van der Waals surface area contributed by atoms with Crippen LogP contribution in [0.1, 0.15) is 68.1 Å². The zero-order valence-corrected chi connectivity index (χ0v) is 19.0. The van der Waals surface area contributed by atoms with E-state index in [0.29, 0.717) is 18.1 Å². The van der Waals surface area contributed by atoms with E-state index in [9.17, 15) is 35.1 Å². The smallest absolute Gasteiger partial charge is 0.427 e. The van der Waals surface area contributed by atoms with Gasteiger partial charge in [0.05, 0.1) is 0 Å². The van der Waals surface area contributed by atoms with Gasteiger partial charge >= 0.3 is 12.3 Å². The van der Waals surface area contributed by atoms with Gasteiger partial charge in [-0.2, -0.15) is 22.0 Å². The van der Waals surface area contributed by atoms with Gasteiger partial charge in [0, 0.05) is 5.56 Å². The van der Waals surface area contributed by atoms with Crippen molar-refractivity contribution in [2.75, 3.05) is 0 Å². The molecule has 2 aromatic carbocycles. The zero-order valence-electron chi connectivity index (χ0n) is 19.0. The minimum Gasteiger partial charge on any atom is -0.427 e. The van der Waals surface area contributed by atoms with Gasteiger partial charge in [0.25, 0.3) is 6.17 Å². The van der Waals surface area contributed by atoms with Crippen LogP contribution in [-0.2, 0) is 0 Å². The van der Waals surface area contributed by atoms with Gasteiger partial charge in [0.1, 0.15) is 5.82 Å². The van der Waals surface area contributed by atoms with E-state index in [1.54, 1.807) is 6.07 Å². The molecule has 1 nitrogen and oxygen atoms in total. The highest BCUT2D eigenvalue weighted by Crippen LogP contribution is 2.39. The second kappa shape index (κ2) is 11.0. The molecular formula is C26H26F8O. The summed E-state index contributed by atoms with van der Waals surface area (Å²) in [5, 5.41) is 0. The molecule has 0 bridgehead atoms. The summed E-state index contributed by atoms with van der Waals surface area (Å²) < 4.78 is 109. The summed E-state index contributed by atoms with van der Waals surface area (Å²) >= 11 is 0. The molecule has 1 aliphatic rings. The monoisotopic (exact) mass is 506 g/mol. The fourth-order valence-corrected chi connectivity index (χ4v) is 4.40. The predicted octanol–water partition coefficient (Wildman–Crippen LogP) is 9.08. The SMILES string of the molecule is CCCC1CCC(c2ccc(/C=C/c3ccc(OC(F)(F)C(F)C(F)(F)F)c(F)c3)c(F)c2)CC1. The summed E-state index contributed by atoms with van der Waals surface area (Å²) in [7, 11) is 0. The van der Waals surface area contributed by atoms with E-state index in [4.69, 9.17) is 0 Å². The van der Waals surface area contributed by atoms with Crippen molar-refractivity contribution in [2.24, 2.45) is 5.92 Å². The molecule has 1 unspecified atom stereocenters. The van der Waals surface area contributed by atoms with Crippen LogP contribution in [0.25, 0.3) is 12.2 Å². The number of alkyl halides is 6. The molecule has 0 aliphatic heterocycles. The van der Waals surface area contributed by atoms with Crippen LogP contribution < -0.4 is 4.74 Å². The van der Waals surface area contributed by atoms with Gasteiger partial charge in [-0.05, 0) is 66.8 Å². The zero-order chi connectivity index (χ0) is 25.8. The van der Waals surface area contributed by atoms with Crippen LogP contribution in [0.4, 0.5) is 35.1 Å². The van der Waals surface area contributed by atoms with Crippen LogP contribution in [0.15, 0.2) is 36.4 Å². The lowest BCUT2D eigenvalue weighted by Crippen LogP contribution is -2.45. The van der Waals surface area contributed by atoms with Gasteiger partial charge in [0.2, 0.25) is 0 Å². The molecule has 3 rings (SSSR count). The molecule has 1 saturated carbocycles. The first-order chi connectivity index (χ1) is 16.4. The number of halogens is 8. The standard InChI is InChI=1S/C26H26F8O/c1-2-3-16-4-8-18(9-5-16)20-12-11-19(21(27)15-20)10-6-17-7-13-23(22(28)14-17)35-26(33,34)24(29)25(30,31)32/h6-7,10-16,18,24H,2-5,8-9H2,1H3/b10-6+. The molecule has 0 saturated heterocycles. The molecule has 0 aromatic heterocycles. The Balaban J connectivity index is 1.66. The van der Waals surface area contributed by atoms with E-state index in [2.05, 4.69) is 11.7 Å². The van der Waals surface area contributed by atoms with Crippen molar-refractivity contribution in [1.29, 1.82) is 0 Å². The lowest BCUT2D eigenvalue weighted by atomic mass is 9.77. The Hall–Kier alpha value is -2.58. The first-order valence-electron chi connectivity index (χ1n) is 11.5. The fourth-order valence-electron chi connectivity index (χ4n) is 4.40. The van der Waals surface area contributed by atoms with Crippen LogP contribution in [0, 0.1) is 17.6 Å². The molecule has 0 heterocycles.